The Bertz CT molecular complexity index is 894. The van der Waals surface area contributed by atoms with Gasteiger partial charge in [0.2, 0.25) is 0 Å². The number of carbonyl (C=O) groups excluding carboxylic acids is 1. The third-order valence-electron chi connectivity index (χ3n) is 3.58. The topological polar surface area (TPSA) is 85.8 Å². The van der Waals surface area contributed by atoms with Gasteiger partial charge in [-0.3, -0.25) is 4.79 Å². The number of nitrogen functional groups attached to an aromatic ring is 1. The number of rotatable bonds is 5. The van der Waals surface area contributed by atoms with E-state index in [1.807, 2.05) is 30.5 Å². The average Bonchev–Trinajstić information content (AvgIpc) is 3.02. The fraction of sp³-hybridized carbons (Fsp3) is 0.118. The molecule has 1 heterocycles. The highest BCUT2D eigenvalue weighted by molar-refractivity contribution is 7.98. The van der Waals surface area contributed by atoms with Gasteiger partial charge in [0.25, 0.3) is 5.91 Å². The third-order valence-corrected chi connectivity index (χ3v) is 4.31. The van der Waals surface area contributed by atoms with E-state index in [1.165, 1.54) is 16.8 Å². The van der Waals surface area contributed by atoms with Crippen molar-refractivity contribution >= 4 is 23.5 Å². The van der Waals surface area contributed by atoms with Gasteiger partial charge < -0.3 is 11.1 Å². The number of nitrogens with two attached hydrogens (primary N) is 1. The molecule has 0 aliphatic rings. The number of anilines is 1. The number of carbonyl (C=O) groups is 1. The molecule has 1 amide bonds. The van der Waals surface area contributed by atoms with E-state index in [0.717, 1.165) is 16.1 Å². The Labute approximate surface area is 148 Å². The number of amides is 1. The van der Waals surface area contributed by atoms with Gasteiger partial charge in [-0.25, -0.2) is 4.39 Å². The molecule has 25 heavy (non-hydrogen) atoms. The monoisotopic (exact) mass is 357 g/mol. The fourth-order valence-electron chi connectivity index (χ4n) is 2.25. The van der Waals surface area contributed by atoms with Crippen molar-refractivity contribution in [3.8, 4) is 5.69 Å². The first kappa shape index (κ1) is 17.0. The second-order valence-electron chi connectivity index (χ2n) is 5.25. The van der Waals surface area contributed by atoms with Gasteiger partial charge in [-0.15, -0.1) is 16.9 Å². The first-order valence-electron chi connectivity index (χ1n) is 7.46. The fourth-order valence-corrected chi connectivity index (χ4v) is 2.71. The normalized spacial score (nSPS) is 10.6. The summed E-state index contributed by atoms with van der Waals surface area (Å²) in [5, 5.41) is 10.6. The van der Waals surface area contributed by atoms with Crippen LogP contribution in [0.3, 0.4) is 0 Å². The molecule has 8 heteroatoms. The quantitative estimate of drug-likeness (QED) is 0.686. The van der Waals surface area contributed by atoms with Gasteiger partial charge in [0.05, 0.1) is 5.69 Å². The maximum atomic E-state index is 12.9. The van der Waals surface area contributed by atoms with Crippen LogP contribution < -0.4 is 11.1 Å². The van der Waals surface area contributed by atoms with Crippen LogP contribution in [0.2, 0.25) is 0 Å². The lowest BCUT2D eigenvalue weighted by Gasteiger charge is -2.06. The molecule has 0 fully saturated rings. The van der Waals surface area contributed by atoms with Crippen LogP contribution in [-0.4, -0.2) is 27.2 Å². The zero-order valence-electron chi connectivity index (χ0n) is 13.4. The van der Waals surface area contributed by atoms with Crippen molar-refractivity contribution in [2.24, 2.45) is 0 Å². The third kappa shape index (κ3) is 3.80. The largest absolute Gasteiger partial charge is 0.382 e. The Morgan fingerprint density at radius 1 is 1.28 bits per heavy atom. The lowest BCUT2D eigenvalue weighted by atomic mass is 10.2. The number of thioether (sulfide) groups is 1. The van der Waals surface area contributed by atoms with Gasteiger partial charge in [0, 0.05) is 11.4 Å². The number of halogens is 1. The van der Waals surface area contributed by atoms with Crippen LogP contribution in [0.15, 0.2) is 53.4 Å². The summed E-state index contributed by atoms with van der Waals surface area (Å²) in [5.74, 6) is -0.598. The molecule has 3 rings (SSSR count). The molecule has 1 aromatic heterocycles. The maximum absolute atomic E-state index is 12.9. The molecular weight excluding hydrogens is 341 g/mol. The molecule has 0 radical (unpaired) electrons. The molecule has 128 valence electrons. The van der Waals surface area contributed by atoms with Crippen LogP contribution in [-0.2, 0) is 6.54 Å². The lowest BCUT2D eigenvalue weighted by Crippen LogP contribution is -2.24. The van der Waals surface area contributed by atoms with Crippen molar-refractivity contribution in [1.29, 1.82) is 0 Å². The van der Waals surface area contributed by atoms with Gasteiger partial charge in [0.1, 0.15) is 5.82 Å². The minimum Gasteiger partial charge on any atom is -0.382 e. The van der Waals surface area contributed by atoms with E-state index in [1.54, 1.807) is 23.9 Å². The first-order chi connectivity index (χ1) is 12.1. The standard InChI is InChI=1S/C17H16FN5OS/c1-25-14-4-2-3-13(9-14)23-16(19)15(21-22-23)17(24)20-10-11-5-7-12(18)8-6-11/h2-9H,10,19H2,1H3,(H,20,24). The Balaban J connectivity index is 1.75. The summed E-state index contributed by atoms with van der Waals surface area (Å²) in [4.78, 5) is 13.3. The van der Waals surface area contributed by atoms with Crippen molar-refractivity contribution in [3.63, 3.8) is 0 Å². The molecule has 0 unspecified atom stereocenters. The smallest absolute Gasteiger partial charge is 0.275 e. The number of aromatic nitrogens is 3. The van der Waals surface area contributed by atoms with E-state index >= 15 is 0 Å². The summed E-state index contributed by atoms with van der Waals surface area (Å²) in [6.07, 6.45) is 1.97. The lowest BCUT2D eigenvalue weighted by molar-refractivity contribution is 0.0947. The molecule has 0 saturated heterocycles. The van der Waals surface area contributed by atoms with Crippen LogP contribution in [0, 0.1) is 5.82 Å². The number of hydrogen-bond acceptors (Lipinski definition) is 5. The summed E-state index contributed by atoms with van der Waals surface area (Å²) in [6.45, 7) is 0.243. The molecular formula is C17H16FN5OS. The van der Waals surface area contributed by atoms with E-state index in [-0.39, 0.29) is 23.9 Å². The summed E-state index contributed by atoms with van der Waals surface area (Å²) in [6, 6.07) is 13.5. The van der Waals surface area contributed by atoms with Gasteiger partial charge in [-0.1, -0.05) is 23.4 Å². The Kier molecular flexibility index (Phi) is 4.99. The van der Waals surface area contributed by atoms with Gasteiger partial charge >= 0.3 is 0 Å². The molecule has 3 aromatic rings. The number of nitrogens with one attached hydrogen (secondary N) is 1. The van der Waals surface area contributed by atoms with Crippen molar-refractivity contribution in [1.82, 2.24) is 20.3 Å². The van der Waals surface area contributed by atoms with E-state index in [0.29, 0.717) is 0 Å². The molecule has 0 aliphatic carbocycles. The molecule has 3 N–H and O–H groups in total. The highest BCUT2D eigenvalue weighted by Crippen LogP contribution is 2.21. The van der Waals surface area contributed by atoms with Crippen LogP contribution in [0.25, 0.3) is 5.69 Å². The minimum atomic E-state index is -0.436. The summed E-state index contributed by atoms with van der Waals surface area (Å²) in [7, 11) is 0. The molecule has 0 atom stereocenters. The van der Waals surface area contributed by atoms with Crippen molar-refractivity contribution in [2.75, 3.05) is 12.0 Å². The van der Waals surface area contributed by atoms with E-state index in [9.17, 15) is 9.18 Å². The van der Waals surface area contributed by atoms with Crippen molar-refractivity contribution in [3.05, 3.63) is 65.6 Å². The second kappa shape index (κ2) is 7.35. The Morgan fingerprint density at radius 3 is 2.76 bits per heavy atom. The zero-order chi connectivity index (χ0) is 17.8. The molecule has 0 bridgehead atoms. The maximum Gasteiger partial charge on any atom is 0.275 e. The highest BCUT2D eigenvalue weighted by Gasteiger charge is 2.18. The van der Waals surface area contributed by atoms with Crippen LogP contribution in [0.4, 0.5) is 10.2 Å². The van der Waals surface area contributed by atoms with E-state index in [2.05, 4.69) is 15.6 Å². The van der Waals surface area contributed by atoms with Gasteiger partial charge in [0.15, 0.2) is 11.5 Å². The predicted molar refractivity (Wildman–Crippen MR) is 95.1 cm³/mol. The van der Waals surface area contributed by atoms with Gasteiger partial charge in [-0.2, -0.15) is 4.68 Å². The summed E-state index contributed by atoms with van der Waals surface area (Å²) in [5.41, 5.74) is 7.59. The average molecular weight is 357 g/mol. The number of hydrogen-bond donors (Lipinski definition) is 2. The Morgan fingerprint density at radius 2 is 2.04 bits per heavy atom. The van der Waals surface area contributed by atoms with Crippen LogP contribution >= 0.6 is 11.8 Å². The van der Waals surface area contributed by atoms with Crippen LogP contribution in [0.5, 0.6) is 0 Å². The zero-order valence-corrected chi connectivity index (χ0v) is 14.3. The molecule has 0 aliphatic heterocycles. The molecule has 0 spiro atoms. The summed E-state index contributed by atoms with van der Waals surface area (Å²) >= 11 is 1.60. The highest BCUT2D eigenvalue weighted by atomic mass is 32.2. The summed E-state index contributed by atoms with van der Waals surface area (Å²) < 4.78 is 14.3. The van der Waals surface area contributed by atoms with E-state index in [4.69, 9.17) is 5.73 Å². The number of benzene rings is 2. The van der Waals surface area contributed by atoms with Crippen molar-refractivity contribution in [2.45, 2.75) is 11.4 Å². The second-order valence-corrected chi connectivity index (χ2v) is 6.13. The molecule has 2 aromatic carbocycles. The predicted octanol–water partition coefficient (Wildman–Crippen LogP) is 2.64. The minimum absolute atomic E-state index is 0.0525. The van der Waals surface area contributed by atoms with E-state index < -0.39 is 5.91 Å². The van der Waals surface area contributed by atoms with Crippen molar-refractivity contribution < 1.29 is 9.18 Å². The Hall–Kier alpha value is -2.87. The van der Waals surface area contributed by atoms with Crippen LogP contribution in [0.1, 0.15) is 16.1 Å². The molecule has 6 nitrogen and oxygen atoms in total. The number of nitrogens with zero attached hydrogens (tertiary/aromatic N) is 3. The molecule has 0 saturated carbocycles. The van der Waals surface area contributed by atoms with Gasteiger partial charge in [-0.05, 0) is 42.2 Å². The first-order valence-corrected chi connectivity index (χ1v) is 8.69. The SMILES string of the molecule is CSc1cccc(-n2nnc(C(=O)NCc3ccc(F)cc3)c2N)c1.